The molecule has 1 heterocycles. The minimum absolute atomic E-state index is 0.149. The van der Waals surface area contributed by atoms with Crippen LogP contribution in [0.15, 0.2) is 29.2 Å². The molecule has 1 atom stereocenters. The Morgan fingerprint density at radius 1 is 0.889 bits per heavy atom. The van der Waals surface area contributed by atoms with E-state index in [2.05, 4.69) is 25.8 Å². The van der Waals surface area contributed by atoms with Crippen LogP contribution in [0.5, 0.6) is 0 Å². The van der Waals surface area contributed by atoms with Crippen molar-refractivity contribution in [1.82, 2.24) is 0 Å². The third kappa shape index (κ3) is 9.49. The summed E-state index contributed by atoms with van der Waals surface area (Å²) in [7, 11) is 0. The van der Waals surface area contributed by atoms with Crippen molar-refractivity contribution in [2.45, 2.75) is 111 Å². The zero-order chi connectivity index (χ0) is 19.9. The summed E-state index contributed by atoms with van der Waals surface area (Å²) in [5.74, 6) is 0.149. The van der Waals surface area contributed by atoms with Crippen molar-refractivity contribution in [1.29, 1.82) is 0 Å². The lowest BCUT2D eigenvalue weighted by atomic mass is 10.0. The zero-order valence-electron chi connectivity index (χ0n) is 18.3. The molecule has 0 fully saturated rings. The third-order valence-corrected chi connectivity index (χ3v) is 5.77. The van der Waals surface area contributed by atoms with Crippen LogP contribution in [-0.2, 0) is 4.79 Å². The predicted octanol–water partition coefficient (Wildman–Crippen LogP) is 6.10. The van der Waals surface area contributed by atoms with Gasteiger partial charge >= 0.3 is 0 Å². The largest absolute Gasteiger partial charge is 0.371 e. The lowest BCUT2D eigenvalue weighted by Crippen LogP contribution is -3.06. The van der Waals surface area contributed by atoms with Crippen molar-refractivity contribution in [2.24, 2.45) is 0 Å². The van der Waals surface area contributed by atoms with Crippen molar-refractivity contribution in [3.05, 3.63) is 35.7 Å². The SMILES string of the molecule is C=C=C1C(C)=C(C(C)=O)[CH-][NH+]1CCCCCCCCCCCCCCCC. The van der Waals surface area contributed by atoms with Gasteiger partial charge < -0.3 is 9.69 Å². The molecular weight excluding hydrogens is 330 g/mol. The third-order valence-electron chi connectivity index (χ3n) is 5.77. The van der Waals surface area contributed by atoms with Gasteiger partial charge in [0.05, 0.1) is 12.3 Å². The summed E-state index contributed by atoms with van der Waals surface area (Å²) in [4.78, 5) is 13.0. The van der Waals surface area contributed by atoms with Crippen LogP contribution >= 0.6 is 0 Å². The second-order valence-corrected chi connectivity index (χ2v) is 8.16. The maximum atomic E-state index is 11.7. The summed E-state index contributed by atoms with van der Waals surface area (Å²) in [6.07, 6.45) is 19.4. The normalized spacial score (nSPS) is 16.6. The number of allylic oxidation sites excluding steroid dienone is 1. The molecule has 0 aliphatic carbocycles. The van der Waals surface area contributed by atoms with Crippen LogP contribution in [0.1, 0.15) is 111 Å². The summed E-state index contributed by atoms with van der Waals surface area (Å²) in [5, 5.41) is 0. The Kier molecular flexibility index (Phi) is 13.0. The molecule has 2 nitrogen and oxygen atoms in total. The monoisotopic (exact) mass is 373 g/mol. The number of carbonyl (C=O) groups is 1. The van der Waals surface area contributed by atoms with Crippen molar-refractivity contribution in [3.8, 4) is 0 Å². The lowest BCUT2D eigenvalue weighted by Gasteiger charge is -2.17. The maximum absolute atomic E-state index is 11.7. The van der Waals surface area contributed by atoms with Gasteiger partial charge in [0.25, 0.3) is 0 Å². The van der Waals surface area contributed by atoms with E-state index in [0.717, 1.165) is 23.4 Å². The van der Waals surface area contributed by atoms with Crippen LogP contribution in [0.2, 0.25) is 0 Å². The molecule has 0 amide bonds. The first-order chi connectivity index (χ1) is 13.1. The van der Waals surface area contributed by atoms with Gasteiger partial charge in [-0.15, -0.1) is 0 Å². The van der Waals surface area contributed by atoms with Crippen molar-refractivity contribution in [2.75, 3.05) is 6.54 Å². The number of ketones is 1. The van der Waals surface area contributed by atoms with E-state index in [-0.39, 0.29) is 5.78 Å². The fourth-order valence-electron chi connectivity index (χ4n) is 4.05. The maximum Gasteiger partial charge on any atom is 0.117 e. The van der Waals surface area contributed by atoms with Gasteiger partial charge in [0.2, 0.25) is 0 Å². The average Bonchev–Trinajstić information content (AvgIpc) is 2.97. The topological polar surface area (TPSA) is 21.5 Å². The molecule has 1 N–H and O–H groups in total. The van der Waals surface area contributed by atoms with Crippen molar-refractivity contribution in [3.63, 3.8) is 0 Å². The number of quaternary nitrogens is 1. The molecule has 0 aromatic rings. The second-order valence-electron chi connectivity index (χ2n) is 8.16. The van der Waals surface area contributed by atoms with E-state index in [1.807, 2.05) is 6.92 Å². The Hall–Kier alpha value is -1.24. The molecule has 0 aromatic carbocycles. The molecule has 154 valence electrons. The van der Waals surface area contributed by atoms with Gasteiger partial charge in [0.1, 0.15) is 5.70 Å². The van der Waals surface area contributed by atoms with Gasteiger partial charge in [0.15, 0.2) is 0 Å². The predicted molar refractivity (Wildman–Crippen MR) is 116 cm³/mol. The van der Waals surface area contributed by atoms with Crippen LogP contribution in [0.25, 0.3) is 0 Å². The van der Waals surface area contributed by atoms with Gasteiger partial charge in [-0.3, -0.25) is 0 Å². The smallest absolute Gasteiger partial charge is 0.117 e. The van der Waals surface area contributed by atoms with Gasteiger partial charge in [-0.2, -0.15) is 0 Å². The zero-order valence-corrected chi connectivity index (χ0v) is 18.3. The molecule has 27 heavy (non-hydrogen) atoms. The minimum Gasteiger partial charge on any atom is -0.371 e. The Morgan fingerprint density at radius 2 is 1.33 bits per heavy atom. The van der Waals surface area contributed by atoms with E-state index >= 15 is 0 Å². The van der Waals surface area contributed by atoms with Crippen LogP contribution in [-0.4, -0.2) is 12.3 Å². The first kappa shape index (κ1) is 23.8. The first-order valence-corrected chi connectivity index (χ1v) is 11.4. The Balaban J connectivity index is 1.97. The van der Waals surface area contributed by atoms with E-state index < -0.39 is 0 Å². The number of hydrogen-bond acceptors (Lipinski definition) is 1. The number of carbonyl (C=O) groups excluding carboxylic acids is 1. The molecule has 0 saturated heterocycles. The van der Waals surface area contributed by atoms with Crippen molar-refractivity contribution >= 4 is 5.78 Å². The summed E-state index contributed by atoms with van der Waals surface area (Å²) < 4.78 is 0. The van der Waals surface area contributed by atoms with Gasteiger partial charge in [-0.1, -0.05) is 114 Å². The summed E-state index contributed by atoms with van der Waals surface area (Å²) in [6.45, 7) is 12.9. The fourth-order valence-corrected chi connectivity index (χ4v) is 4.05. The highest BCUT2D eigenvalue weighted by Gasteiger charge is 2.22. The van der Waals surface area contributed by atoms with Crippen molar-refractivity contribution < 1.29 is 9.69 Å². The van der Waals surface area contributed by atoms with E-state index in [4.69, 9.17) is 0 Å². The molecule has 2 heteroatoms. The second kappa shape index (κ2) is 14.8. The van der Waals surface area contributed by atoms with Crippen LogP contribution in [0.4, 0.5) is 0 Å². The molecule has 0 aromatic heterocycles. The molecule has 0 bridgehead atoms. The minimum atomic E-state index is 0.149. The Bertz CT molecular complexity index is 510. The summed E-state index contributed by atoms with van der Waals surface area (Å²) >= 11 is 0. The molecule has 1 aliphatic heterocycles. The number of rotatable bonds is 16. The molecule has 0 saturated carbocycles. The lowest BCUT2D eigenvalue weighted by molar-refractivity contribution is -0.818. The van der Waals surface area contributed by atoms with E-state index in [0.29, 0.717) is 0 Å². The molecule has 0 radical (unpaired) electrons. The number of Topliss-reactive ketones (excluding diaryl/α,β-unsaturated/α-hetero) is 1. The first-order valence-electron chi connectivity index (χ1n) is 11.4. The van der Waals surface area contributed by atoms with Crippen LogP contribution < -0.4 is 4.90 Å². The van der Waals surface area contributed by atoms with Gasteiger partial charge in [0, 0.05) is 6.54 Å². The van der Waals surface area contributed by atoms with Gasteiger partial charge in [-0.25, -0.2) is 0 Å². The molecule has 1 rings (SSSR count). The van der Waals surface area contributed by atoms with Crippen LogP contribution in [0, 0.1) is 6.54 Å². The van der Waals surface area contributed by atoms with E-state index in [1.54, 1.807) is 6.92 Å². The van der Waals surface area contributed by atoms with E-state index in [9.17, 15) is 4.79 Å². The highest BCUT2D eigenvalue weighted by Crippen LogP contribution is 2.18. The standard InChI is InChI=1S/C25H43NO/c1-5-7-8-9-10-11-12-13-14-15-16-17-18-19-20-26-21-24(23(4)27)22(3)25(26)6-2/h21,26H,2,5,7-20H2,1,3-4H3. The molecule has 0 spiro atoms. The summed E-state index contributed by atoms with van der Waals surface area (Å²) in [6, 6.07) is 0. The summed E-state index contributed by atoms with van der Waals surface area (Å²) in [5.41, 5.74) is 6.00. The highest BCUT2D eigenvalue weighted by molar-refractivity contribution is 5.96. The van der Waals surface area contributed by atoms with E-state index in [1.165, 1.54) is 94.8 Å². The molecule has 1 aliphatic rings. The number of nitrogens with one attached hydrogen (secondary N) is 1. The Morgan fingerprint density at radius 3 is 1.74 bits per heavy atom. The average molecular weight is 374 g/mol. The van der Waals surface area contributed by atoms with Gasteiger partial charge in [-0.05, 0) is 19.8 Å². The Labute approximate surface area is 168 Å². The highest BCUT2D eigenvalue weighted by atomic mass is 16.1. The number of unbranched alkanes of at least 4 members (excludes halogenated alkanes) is 13. The molecular formula is C25H43NO. The molecule has 1 unspecified atom stereocenters. The number of hydrogen-bond donors (Lipinski definition) is 1. The fraction of sp³-hybridized carbons (Fsp3) is 0.720. The quantitative estimate of drug-likeness (QED) is 0.197. The van der Waals surface area contributed by atoms with Crippen LogP contribution in [0.3, 0.4) is 0 Å².